The maximum atomic E-state index is 11.7. The number of hydrogen-bond acceptors (Lipinski definition) is 4. The molecule has 3 N–H and O–H groups in total. The number of nitrogens with zero attached hydrogens (tertiary/aromatic N) is 1. The fourth-order valence-electron chi connectivity index (χ4n) is 2.13. The van der Waals surface area contributed by atoms with Crippen molar-refractivity contribution >= 4 is 5.91 Å². The zero-order chi connectivity index (χ0) is 12.3. The van der Waals surface area contributed by atoms with E-state index in [-0.39, 0.29) is 23.5 Å². The quantitative estimate of drug-likeness (QED) is 0.720. The second kappa shape index (κ2) is 5.14. The number of aliphatic hydroxyl groups excluding tert-OH is 1. The standard InChI is InChI=1S/C12H16N2O3/c15-9-4-3-8(6-9)7-14-12(17)11-10(16)2-1-5-13-11/h1-2,5,8-9,15-16H,3-4,6-7H2,(H,14,17). The van der Waals surface area contributed by atoms with E-state index in [1.807, 2.05) is 0 Å². The number of aliphatic hydroxyl groups is 1. The molecular weight excluding hydrogens is 220 g/mol. The van der Waals surface area contributed by atoms with Crippen molar-refractivity contribution < 1.29 is 15.0 Å². The van der Waals surface area contributed by atoms with Crippen LogP contribution in [0.2, 0.25) is 0 Å². The number of rotatable bonds is 3. The summed E-state index contributed by atoms with van der Waals surface area (Å²) in [6, 6.07) is 3.00. The van der Waals surface area contributed by atoms with Gasteiger partial charge in [0.2, 0.25) is 0 Å². The van der Waals surface area contributed by atoms with Crippen LogP contribution < -0.4 is 5.32 Å². The Labute approximate surface area is 99.5 Å². The zero-order valence-electron chi connectivity index (χ0n) is 9.47. The molecule has 5 nitrogen and oxygen atoms in total. The van der Waals surface area contributed by atoms with Crippen LogP contribution in [-0.4, -0.2) is 33.8 Å². The van der Waals surface area contributed by atoms with E-state index < -0.39 is 0 Å². The molecule has 5 heteroatoms. The van der Waals surface area contributed by atoms with Gasteiger partial charge in [0.1, 0.15) is 5.75 Å². The molecule has 2 unspecified atom stereocenters. The van der Waals surface area contributed by atoms with Gasteiger partial charge in [0.05, 0.1) is 6.10 Å². The number of carbonyl (C=O) groups excluding carboxylic acids is 1. The van der Waals surface area contributed by atoms with Gasteiger partial charge in [0.15, 0.2) is 5.69 Å². The van der Waals surface area contributed by atoms with Gasteiger partial charge in [-0.2, -0.15) is 0 Å². The maximum Gasteiger partial charge on any atom is 0.273 e. The number of aromatic hydroxyl groups is 1. The summed E-state index contributed by atoms with van der Waals surface area (Å²) >= 11 is 0. The third-order valence-corrected chi connectivity index (χ3v) is 3.07. The highest BCUT2D eigenvalue weighted by atomic mass is 16.3. The van der Waals surface area contributed by atoms with E-state index in [1.54, 1.807) is 6.07 Å². The molecule has 0 spiro atoms. The van der Waals surface area contributed by atoms with E-state index >= 15 is 0 Å². The Morgan fingerprint density at radius 2 is 2.35 bits per heavy atom. The van der Waals surface area contributed by atoms with Crippen LogP contribution in [0.25, 0.3) is 0 Å². The lowest BCUT2D eigenvalue weighted by Gasteiger charge is -2.10. The van der Waals surface area contributed by atoms with Crippen LogP contribution in [0.1, 0.15) is 29.8 Å². The monoisotopic (exact) mass is 236 g/mol. The molecule has 1 heterocycles. The third-order valence-electron chi connectivity index (χ3n) is 3.07. The first-order chi connectivity index (χ1) is 8.16. The molecule has 0 radical (unpaired) electrons. The molecule has 0 aliphatic heterocycles. The third kappa shape index (κ3) is 2.94. The van der Waals surface area contributed by atoms with Crippen molar-refractivity contribution in [3.05, 3.63) is 24.0 Å². The van der Waals surface area contributed by atoms with Crippen molar-refractivity contribution in [2.75, 3.05) is 6.54 Å². The summed E-state index contributed by atoms with van der Waals surface area (Å²) in [5.41, 5.74) is 0.0473. The smallest absolute Gasteiger partial charge is 0.273 e. The fourth-order valence-corrected chi connectivity index (χ4v) is 2.13. The Morgan fingerprint density at radius 3 is 3.00 bits per heavy atom. The fraction of sp³-hybridized carbons (Fsp3) is 0.500. The largest absolute Gasteiger partial charge is 0.505 e. The van der Waals surface area contributed by atoms with Crippen LogP contribution in [0, 0.1) is 5.92 Å². The first-order valence-electron chi connectivity index (χ1n) is 5.77. The molecule has 1 aliphatic carbocycles. The number of hydrogen-bond donors (Lipinski definition) is 3. The van der Waals surface area contributed by atoms with E-state index in [1.165, 1.54) is 12.3 Å². The average molecular weight is 236 g/mol. The van der Waals surface area contributed by atoms with E-state index in [2.05, 4.69) is 10.3 Å². The molecule has 17 heavy (non-hydrogen) atoms. The lowest BCUT2D eigenvalue weighted by atomic mass is 10.1. The van der Waals surface area contributed by atoms with Crippen LogP contribution in [0.4, 0.5) is 0 Å². The van der Waals surface area contributed by atoms with E-state index in [0.717, 1.165) is 19.3 Å². The molecule has 92 valence electrons. The Morgan fingerprint density at radius 1 is 1.53 bits per heavy atom. The topological polar surface area (TPSA) is 82.5 Å². The van der Waals surface area contributed by atoms with Crippen LogP contribution in [0.3, 0.4) is 0 Å². The minimum Gasteiger partial charge on any atom is -0.505 e. The predicted octanol–water partition coefficient (Wildman–Crippen LogP) is 0.678. The number of aromatic nitrogens is 1. The number of pyridine rings is 1. The van der Waals surface area contributed by atoms with Gasteiger partial charge in [-0.3, -0.25) is 4.79 Å². The first-order valence-corrected chi connectivity index (χ1v) is 5.77. The van der Waals surface area contributed by atoms with Crippen molar-refractivity contribution in [3.63, 3.8) is 0 Å². The van der Waals surface area contributed by atoms with Crippen molar-refractivity contribution in [1.82, 2.24) is 10.3 Å². The Bertz CT molecular complexity index is 408. The summed E-state index contributed by atoms with van der Waals surface area (Å²) in [4.78, 5) is 15.5. The van der Waals surface area contributed by atoms with Crippen LogP contribution in [0.5, 0.6) is 5.75 Å². The van der Waals surface area contributed by atoms with Gasteiger partial charge in [-0.1, -0.05) is 0 Å². The Hall–Kier alpha value is -1.62. The lowest BCUT2D eigenvalue weighted by Crippen LogP contribution is -2.29. The molecule has 2 atom stereocenters. The highest BCUT2D eigenvalue weighted by molar-refractivity contribution is 5.94. The SMILES string of the molecule is O=C(NCC1CCC(O)C1)c1ncccc1O. The summed E-state index contributed by atoms with van der Waals surface area (Å²) in [6.45, 7) is 0.520. The molecule has 0 aromatic carbocycles. The van der Waals surface area contributed by atoms with Gasteiger partial charge in [0, 0.05) is 12.7 Å². The van der Waals surface area contributed by atoms with E-state index in [9.17, 15) is 15.0 Å². The van der Waals surface area contributed by atoms with Gasteiger partial charge in [0.25, 0.3) is 5.91 Å². The van der Waals surface area contributed by atoms with Gasteiger partial charge >= 0.3 is 0 Å². The molecule has 0 bridgehead atoms. The average Bonchev–Trinajstić information content (AvgIpc) is 2.73. The van der Waals surface area contributed by atoms with Crippen molar-refractivity contribution in [1.29, 1.82) is 0 Å². The van der Waals surface area contributed by atoms with E-state index in [4.69, 9.17) is 0 Å². The highest BCUT2D eigenvalue weighted by Gasteiger charge is 2.23. The summed E-state index contributed by atoms with van der Waals surface area (Å²) in [5.74, 6) is -0.166. The molecule has 1 amide bonds. The number of carbonyl (C=O) groups is 1. The zero-order valence-corrected chi connectivity index (χ0v) is 9.47. The summed E-state index contributed by atoms with van der Waals surface area (Å²) < 4.78 is 0. The van der Waals surface area contributed by atoms with Crippen molar-refractivity contribution in [2.45, 2.75) is 25.4 Å². The minimum atomic E-state index is -0.371. The lowest BCUT2D eigenvalue weighted by molar-refractivity contribution is 0.0937. The normalized spacial score (nSPS) is 23.6. The van der Waals surface area contributed by atoms with Gasteiger partial charge < -0.3 is 15.5 Å². The number of amides is 1. The first kappa shape index (κ1) is 11.9. The highest BCUT2D eigenvalue weighted by Crippen LogP contribution is 2.24. The van der Waals surface area contributed by atoms with Gasteiger partial charge in [-0.15, -0.1) is 0 Å². The van der Waals surface area contributed by atoms with Crippen molar-refractivity contribution in [3.8, 4) is 5.75 Å². The van der Waals surface area contributed by atoms with Crippen LogP contribution in [-0.2, 0) is 0 Å². The Kier molecular flexibility index (Phi) is 3.58. The number of nitrogens with one attached hydrogen (secondary N) is 1. The van der Waals surface area contributed by atoms with Crippen LogP contribution in [0.15, 0.2) is 18.3 Å². The van der Waals surface area contributed by atoms with Gasteiger partial charge in [-0.25, -0.2) is 4.98 Å². The summed E-state index contributed by atoms with van der Waals surface area (Å²) in [5, 5.41) is 21.5. The molecule has 0 saturated heterocycles. The molecule has 1 aromatic rings. The second-order valence-electron chi connectivity index (χ2n) is 4.41. The molecule has 2 rings (SSSR count). The van der Waals surface area contributed by atoms with Gasteiger partial charge in [-0.05, 0) is 37.3 Å². The minimum absolute atomic E-state index is 0.0473. The Balaban J connectivity index is 1.88. The molecule has 1 aromatic heterocycles. The van der Waals surface area contributed by atoms with E-state index in [0.29, 0.717) is 12.5 Å². The molecule has 1 aliphatic rings. The van der Waals surface area contributed by atoms with Crippen LogP contribution >= 0.6 is 0 Å². The summed E-state index contributed by atoms with van der Waals surface area (Å²) in [6.07, 6.45) is 3.69. The molecular formula is C12H16N2O3. The predicted molar refractivity (Wildman–Crippen MR) is 61.6 cm³/mol. The van der Waals surface area contributed by atoms with Crippen molar-refractivity contribution in [2.24, 2.45) is 5.92 Å². The molecule has 1 fully saturated rings. The maximum absolute atomic E-state index is 11.7. The molecule has 1 saturated carbocycles. The summed E-state index contributed by atoms with van der Waals surface area (Å²) in [7, 11) is 0. The second-order valence-corrected chi connectivity index (χ2v) is 4.41.